The highest BCUT2D eigenvalue weighted by atomic mass is 31.1. The number of halogens is 24. The molecule has 6 aromatic carbocycles. The van der Waals surface area contributed by atoms with Crippen molar-refractivity contribution in [1.82, 2.24) is 0 Å². The average molecular weight is 1190 g/mol. The van der Waals surface area contributed by atoms with Crippen molar-refractivity contribution in [3.8, 4) is 0 Å². The zero-order chi connectivity index (χ0) is 59.2. The fourth-order valence-electron chi connectivity index (χ4n) is 11.0. The van der Waals surface area contributed by atoms with Crippen LogP contribution < -0.4 is 31.8 Å². The first-order chi connectivity index (χ1) is 35.6. The normalized spacial score (nSPS) is 16.8. The Labute approximate surface area is 434 Å². The van der Waals surface area contributed by atoms with Crippen LogP contribution in [0.15, 0.2) is 109 Å². The van der Waals surface area contributed by atoms with Crippen LogP contribution in [0.5, 0.6) is 0 Å². The number of hydrogen-bond donors (Lipinski definition) is 0. The predicted molar refractivity (Wildman–Crippen MR) is 246 cm³/mol. The molecule has 0 unspecified atom stereocenters. The summed E-state index contributed by atoms with van der Waals surface area (Å²) in [5.74, 6) is 0. The van der Waals surface area contributed by atoms with E-state index in [0.717, 1.165) is 24.3 Å². The van der Waals surface area contributed by atoms with Gasteiger partial charge in [-0.05, 0) is 166 Å². The molecule has 1 spiro atoms. The van der Waals surface area contributed by atoms with Crippen molar-refractivity contribution in [2.24, 2.45) is 0 Å². The lowest BCUT2D eigenvalue weighted by molar-refractivity contribution is -0.144. The summed E-state index contributed by atoms with van der Waals surface area (Å²) >= 11 is 0. The van der Waals surface area contributed by atoms with Crippen molar-refractivity contribution in [3.63, 3.8) is 0 Å². The van der Waals surface area contributed by atoms with Gasteiger partial charge >= 0.3 is 49.4 Å². The maximum absolute atomic E-state index is 14.7. The molecule has 424 valence electrons. The Kier molecular flexibility index (Phi) is 14.2. The Morgan fingerprint density at radius 1 is 0.291 bits per heavy atom. The molecule has 0 heterocycles. The molecular formula is C53H34F24P2. The number of hydrogen-bond acceptors (Lipinski definition) is 0. The van der Waals surface area contributed by atoms with Gasteiger partial charge in [0.15, 0.2) is 0 Å². The molecule has 6 aromatic rings. The molecule has 0 amide bonds. The molecule has 79 heavy (non-hydrogen) atoms. The number of benzene rings is 6. The van der Waals surface area contributed by atoms with Gasteiger partial charge in [0, 0.05) is 5.41 Å². The highest BCUT2D eigenvalue weighted by Crippen LogP contribution is 2.65. The summed E-state index contributed by atoms with van der Waals surface area (Å²) in [5, 5.41) is -5.54. The molecule has 2 aliphatic rings. The second-order valence-electron chi connectivity index (χ2n) is 20.3. The highest BCUT2D eigenvalue weighted by molar-refractivity contribution is 7.80. The number of rotatable bonds is 6. The van der Waals surface area contributed by atoms with E-state index >= 15 is 0 Å². The van der Waals surface area contributed by atoms with Crippen LogP contribution in [-0.4, -0.2) is 0 Å². The van der Waals surface area contributed by atoms with E-state index in [9.17, 15) is 105 Å². The van der Waals surface area contributed by atoms with Gasteiger partial charge in [-0.2, -0.15) is 105 Å². The Morgan fingerprint density at radius 2 is 0.481 bits per heavy atom. The summed E-state index contributed by atoms with van der Waals surface area (Å²) in [6.07, 6.45) is -46.1. The molecule has 0 nitrogen and oxygen atoms in total. The molecule has 0 atom stereocenters. The summed E-state index contributed by atoms with van der Waals surface area (Å²) < 4.78 is 353. The zero-order valence-electron chi connectivity index (χ0n) is 40.3. The molecule has 26 heteroatoms. The fraction of sp³-hybridized carbons (Fsp3) is 0.321. The van der Waals surface area contributed by atoms with Gasteiger partial charge in [0.2, 0.25) is 0 Å². The monoisotopic (exact) mass is 1190 g/mol. The van der Waals surface area contributed by atoms with E-state index in [1.807, 2.05) is 0 Å². The molecule has 0 saturated heterocycles. The van der Waals surface area contributed by atoms with E-state index in [4.69, 9.17) is 0 Å². The van der Waals surface area contributed by atoms with Crippen LogP contribution in [0.1, 0.15) is 107 Å². The van der Waals surface area contributed by atoms with E-state index in [1.165, 1.54) is 39.8 Å². The molecule has 0 bridgehead atoms. The van der Waals surface area contributed by atoms with Gasteiger partial charge in [0.1, 0.15) is 0 Å². The van der Waals surface area contributed by atoms with Gasteiger partial charge < -0.3 is 0 Å². The topological polar surface area (TPSA) is 0 Å². The van der Waals surface area contributed by atoms with Gasteiger partial charge in [-0.25, -0.2) is 0 Å². The first-order valence-corrected chi connectivity index (χ1v) is 25.4. The molecule has 0 N–H and O–H groups in total. The van der Waals surface area contributed by atoms with Gasteiger partial charge in [-0.3, -0.25) is 0 Å². The van der Waals surface area contributed by atoms with Crippen molar-refractivity contribution in [2.75, 3.05) is 0 Å². The van der Waals surface area contributed by atoms with Crippen LogP contribution in [-0.2, 0) is 65.7 Å². The third-order valence-corrected chi connectivity index (χ3v) is 18.6. The summed E-state index contributed by atoms with van der Waals surface area (Å²) in [5.41, 5.74) is -21.6. The molecule has 0 aliphatic heterocycles. The third kappa shape index (κ3) is 11.3. The summed E-state index contributed by atoms with van der Waals surface area (Å²) in [7, 11) is -7.17. The Balaban J connectivity index is 1.58. The number of fused-ring (bicyclic) bond motifs is 4. The highest BCUT2D eigenvalue weighted by Gasteiger charge is 2.59. The zero-order valence-corrected chi connectivity index (χ0v) is 42.1. The number of alkyl halides is 24. The summed E-state index contributed by atoms with van der Waals surface area (Å²) in [6, 6.07) is 6.27. The first kappa shape index (κ1) is 59.6. The van der Waals surface area contributed by atoms with Crippen molar-refractivity contribution in [1.29, 1.82) is 0 Å². The predicted octanol–water partition coefficient (Wildman–Crippen LogP) is 17.0. The molecule has 8 rings (SSSR count). The van der Waals surface area contributed by atoms with Gasteiger partial charge in [-0.1, -0.05) is 64.1 Å². The van der Waals surface area contributed by atoms with Gasteiger partial charge in [-0.15, -0.1) is 0 Å². The maximum atomic E-state index is 14.7. The van der Waals surface area contributed by atoms with E-state index in [2.05, 4.69) is 0 Å². The van der Waals surface area contributed by atoms with Crippen molar-refractivity contribution < 1.29 is 105 Å². The average Bonchev–Trinajstić information content (AvgIpc) is 3.88. The minimum absolute atomic E-state index is 0.0585. The SMILES string of the molecule is CC1(C)CC2(CC(C)(C)c3cccc(P(c4cc(C(F)(F)F)cc(C(F)(F)F)c4)c4cc(C(F)(F)F)cc(C(F)(F)F)c4)c32)c2c(P(c3cc(C(F)(F)F)cc(C(F)(F)F)c3)c3cc(C(F)(F)F)cc(C(F)(F)F)c3)cccc21. The van der Waals surface area contributed by atoms with Crippen molar-refractivity contribution in [3.05, 3.63) is 176 Å². The second kappa shape index (κ2) is 18.8. The standard InChI is InChI=1S/C53H34F24P2/c1-43(2)23-45(41-37(43)7-5-9-39(41)78(33-15-25(46(54,55)56)11-26(16-33)47(57,58)59)34-17-27(48(60,61)62)12-28(18-34)49(63,64)65)24-44(3,4)38-8-6-10-40(42(38)45)79(35-19-29(50(66,67)68)13-30(20-35)51(69,70)71)36-21-31(52(72,73)74)14-32(22-36)53(75,76)77/h5-22H,23-24H2,1-4H3. The quantitative estimate of drug-likeness (QED) is 0.115. The van der Waals surface area contributed by atoms with Gasteiger partial charge in [0.25, 0.3) is 0 Å². The maximum Gasteiger partial charge on any atom is 0.416 e. The first-order valence-electron chi connectivity index (χ1n) is 22.7. The van der Waals surface area contributed by atoms with Crippen LogP contribution in [0.2, 0.25) is 0 Å². The van der Waals surface area contributed by atoms with Crippen LogP contribution in [0, 0.1) is 0 Å². The Hall–Kier alpha value is -5.50. The minimum Gasteiger partial charge on any atom is -0.166 e. The van der Waals surface area contributed by atoms with Crippen LogP contribution in [0.25, 0.3) is 0 Å². The van der Waals surface area contributed by atoms with Gasteiger partial charge in [0.05, 0.1) is 44.5 Å². The molecule has 0 radical (unpaired) electrons. The Bertz CT molecular complexity index is 2860. The largest absolute Gasteiger partial charge is 0.416 e. The smallest absolute Gasteiger partial charge is 0.166 e. The summed E-state index contributed by atoms with van der Waals surface area (Å²) in [6.45, 7) is 5.97. The van der Waals surface area contributed by atoms with E-state index < -0.39 is 158 Å². The Morgan fingerprint density at radius 3 is 0.658 bits per heavy atom. The minimum atomic E-state index is -5.67. The summed E-state index contributed by atoms with van der Waals surface area (Å²) in [4.78, 5) is 0. The van der Waals surface area contributed by atoms with E-state index in [0.29, 0.717) is 0 Å². The molecule has 2 aliphatic carbocycles. The lowest BCUT2D eigenvalue weighted by atomic mass is 9.72. The van der Waals surface area contributed by atoms with Crippen molar-refractivity contribution >= 4 is 47.7 Å². The molecule has 0 saturated carbocycles. The van der Waals surface area contributed by atoms with E-state index in [-0.39, 0.29) is 108 Å². The van der Waals surface area contributed by atoms with E-state index in [1.54, 1.807) is 0 Å². The molecular weight excluding hydrogens is 1150 g/mol. The third-order valence-electron chi connectivity index (χ3n) is 13.8. The molecule has 0 fully saturated rings. The molecule has 0 aromatic heterocycles. The second-order valence-corrected chi connectivity index (χ2v) is 24.7. The van der Waals surface area contributed by atoms with Crippen molar-refractivity contribution in [2.45, 2.75) is 106 Å². The van der Waals surface area contributed by atoms with Crippen LogP contribution in [0.3, 0.4) is 0 Å². The van der Waals surface area contributed by atoms with Crippen LogP contribution in [0.4, 0.5) is 105 Å². The fourth-order valence-corrected chi connectivity index (χ4v) is 16.4. The van der Waals surface area contributed by atoms with Crippen LogP contribution >= 0.6 is 15.8 Å². The lowest BCUT2D eigenvalue weighted by Crippen LogP contribution is -2.37. The lowest BCUT2D eigenvalue weighted by Gasteiger charge is -2.36.